The van der Waals surface area contributed by atoms with Crippen molar-refractivity contribution in [3.63, 3.8) is 0 Å². The van der Waals surface area contributed by atoms with Crippen LogP contribution in [0, 0.1) is 11.8 Å². The fourth-order valence-corrected chi connectivity index (χ4v) is 2.54. The quantitative estimate of drug-likeness (QED) is 0.747. The van der Waals surface area contributed by atoms with Gasteiger partial charge in [0.25, 0.3) is 0 Å². The van der Waals surface area contributed by atoms with Gasteiger partial charge in [0, 0.05) is 31.7 Å². The van der Waals surface area contributed by atoms with Crippen molar-refractivity contribution in [2.45, 2.75) is 33.2 Å². The van der Waals surface area contributed by atoms with Crippen LogP contribution in [0.15, 0.2) is 0 Å². The number of rotatable bonds is 6. The molecule has 1 aliphatic heterocycles. The van der Waals surface area contributed by atoms with E-state index in [1.54, 1.807) is 0 Å². The molecular weight excluding hydrogens is 200 g/mol. The molecule has 1 fully saturated rings. The van der Waals surface area contributed by atoms with Crippen molar-refractivity contribution < 1.29 is 4.74 Å². The van der Waals surface area contributed by atoms with Gasteiger partial charge in [-0.25, -0.2) is 0 Å². The molecule has 96 valence electrons. The van der Waals surface area contributed by atoms with Crippen LogP contribution in [-0.4, -0.2) is 50.8 Å². The molecule has 0 spiro atoms. The molecule has 3 nitrogen and oxygen atoms in total. The molecule has 1 saturated heterocycles. The van der Waals surface area contributed by atoms with Gasteiger partial charge in [-0.3, -0.25) is 0 Å². The van der Waals surface area contributed by atoms with Gasteiger partial charge in [0.1, 0.15) is 0 Å². The molecule has 0 aromatic carbocycles. The Morgan fingerprint density at radius 2 is 2.19 bits per heavy atom. The number of ether oxygens (including phenoxy) is 1. The van der Waals surface area contributed by atoms with Gasteiger partial charge < -0.3 is 15.0 Å². The third-order valence-corrected chi connectivity index (χ3v) is 3.41. The monoisotopic (exact) mass is 228 g/mol. The third-order valence-electron chi connectivity index (χ3n) is 3.41. The molecule has 3 heteroatoms. The Labute approximate surface area is 101 Å². The van der Waals surface area contributed by atoms with Crippen molar-refractivity contribution in [3.05, 3.63) is 0 Å². The Bertz CT molecular complexity index is 185. The average Bonchev–Trinajstić information content (AvgIpc) is 2.28. The molecule has 1 rings (SSSR count). The lowest BCUT2D eigenvalue weighted by Crippen LogP contribution is -2.47. The summed E-state index contributed by atoms with van der Waals surface area (Å²) in [6.07, 6.45) is 1.15. The summed E-state index contributed by atoms with van der Waals surface area (Å²) in [5, 5.41) is 3.43. The molecule has 2 atom stereocenters. The summed E-state index contributed by atoms with van der Waals surface area (Å²) in [5.74, 6) is 1.40. The van der Waals surface area contributed by atoms with Crippen LogP contribution in [-0.2, 0) is 4.74 Å². The Hall–Kier alpha value is -0.120. The van der Waals surface area contributed by atoms with Crippen LogP contribution in [0.4, 0.5) is 0 Å². The second-order valence-corrected chi connectivity index (χ2v) is 5.26. The molecule has 0 radical (unpaired) electrons. The Kier molecular flexibility index (Phi) is 6.32. The largest absolute Gasteiger partial charge is 0.381 e. The fourth-order valence-electron chi connectivity index (χ4n) is 2.54. The Balaban J connectivity index is 2.41. The maximum absolute atomic E-state index is 5.60. The van der Waals surface area contributed by atoms with Crippen molar-refractivity contribution >= 4 is 0 Å². The second-order valence-electron chi connectivity index (χ2n) is 5.26. The average molecular weight is 228 g/mol. The highest BCUT2D eigenvalue weighted by molar-refractivity contribution is 4.81. The minimum atomic E-state index is 0.634. The topological polar surface area (TPSA) is 24.5 Å². The van der Waals surface area contributed by atoms with E-state index in [2.05, 4.69) is 38.0 Å². The van der Waals surface area contributed by atoms with Crippen LogP contribution in [0.5, 0.6) is 0 Å². The van der Waals surface area contributed by atoms with Crippen molar-refractivity contribution in [2.24, 2.45) is 11.8 Å². The zero-order valence-electron chi connectivity index (χ0n) is 11.3. The summed E-state index contributed by atoms with van der Waals surface area (Å²) in [4.78, 5) is 2.55. The van der Waals surface area contributed by atoms with Crippen molar-refractivity contribution in [2.75, 3.05) is 39.9 Å². The Morgan fingerprint density at radius 1 is 1.44 bits per heavy atom. The number of nitrogens with one attached hydrogen (secondary N) is 1. The highest BCUT2D eigenvalue weighted by Crippen LogP contribution is 2.16. The molecule has 0 saturated carbocycles. The molecule has 16 heavy (non-hydrogen) atoms. The Morgan fingerprint density at radius 3 is 2.75 bits per heavy atom. The van der Waals surface area contributed by atoms with E-state index in [1.165, 1.54) is 13.1 Å². The molecule has 1 heterocycles. The molecule has 0 aromatic rings. The predicted molar refractivity (Wildman–Crippen MR) is 68.7 cm³/mol. The molecule has 0 aliphatic carbocycles. The molecule has 0 amide bonds. The minimum absolute atomic E-state index is 0.634. The van der Waals surface area contributed by atoms with Crippen LogP contribution in [0.2, 0.25) is 0 Å². The number of nitrogens with zero attached hydrogens (tertiary/aromatic N) is 1. The van der Waals surface area contributed by atoms with Crippen molar-refractivity contribution in [1.82, 2.24) is 10.2 Å². The standard InChI is InChI=1S/C13H28N2O/c1-5-15(8-11(2)3)9-12-10-16-7-6-13(12)14-4/h11-14H,5-10H2,1-4H3. The van der Waals surface area contributed by atoms with Crippen LogP contribution in [0.25, 0.3) is 0 Å². The molecule has 2 unspecified atom stereocenters. The highest BCUT2D eigenvalue weighted by atomic mass is 16.5. The van der Waals surface area contributed by atoms with Crippen LogP contribution in [0.1, 0.15) is 27.2 Å². The van der Waals surface area contributed by atoms with Crippen LogP contribution < -0.4 is 5.32 Å². The van der Waals surface area contributed by atoms with E-state index >= 15 is 0 Å². The first-order chi connectivity index (χ1) is 7.67. The van der Waals surface area contributed by atoms with E-state index in [1.807, 2.05) is 0 Å². The van der Waals surface area contributed by atoms with Crippen molar-refractivity contribution in [3.8, 4) is 0 Å². The molecule has 1 aliphatic rings. The lowest BCUT2D eigenvalue weighted by Gasteiger charge is -2.35. The summed E-state index contributed by atoms with van der Waals surface area (Å²) in [7, 11) is 2.07. The first kappa shape index (κ1) is 13.9. The first-order valence-electron chi connectivity index (χ1n) is 6.64. The van der Waals surface area contributed by atoms with E-state index in [0.29, 0.717) is 12.0 Å². The highest BCUT2D eigenvalue weighted by Gasteiger charge is 2.25. The van der Waals surface area contributed by atoms with E-state index in [-0.39, 0.29) is 0 Å². The summed E-state index contributed by atoms with van der Waals surface area (Å²) >= 11 is 0. The van der Waals surface area contributed by atoms with E-state index < -0.39 is 0 Å². The van der Waals surface area contributed by atoms with Gasteiger partial charge >= 0.3 is 0 Å². The summed E-state index contributed by atoms with van der Waals surface area (Å²) < 4.78 is 5.60. The van der Waals surface area contributed by atoms with Crippen molar-refractivity contribution in [1.29, 1.82) is 0 Å². The SMILES string of the molecule is CCN(CC(C)C)CC1COCCC1NC. The van der Waals surface area contributed by atoms with Crippen LogP contribution in [0.3, 0.4) is 0 Å². The lowest BCUT2D eigenvalue weighted by atomic mass is 9.95. The van der Waals surface area contributed by atoms with Gasteiger partial charge in [0.15, 0.2) is 0 Å². The smallest absolute Gasteiger partial charge is 0.0521 e. The van der Waals surface area contributed by atoms with Gasteiger partial charge in [-0.1, -0.05) is 20.8 Å². The molecular formula is C13H28N2O. The summed E-state index contributed by atoms with van der Waals surface area (Å²) in [6, 6.07) is 0.634. The third kappa shape index (κ3) is 4.40. The van der Waals surface area contributed by atoms with E-state index in [9.17, 15) is 0 Å². The first-order valence-corrected chi connectivity index (χ1v) is 6.64. The maximum Gasteiger partial charge on any atom is 0.0521 e. The van der Waals surface area contributed by atoms with Gasteiger partial charge in [0.05, 0.1) is 6.61 Å². The molecule has 0 bridgehead atoms. The fraction of sp³-hybridized carbons (Fsp3) is 1.00. The second kappa shape index (κ2) is 7.25. The van der Waals surface area contributed by atoms with Gasteiger partial charge in [-0.15, -0.1) is 0 Å². The van der Waals surface area contributed by atoms with Gasteiger partial charge in [-0.2, -0.15) is 0 Å². The van der Waals surface area contributed by atoms with Gasteiger partial charge in [-0.05, 0) is 25.9 Å². The van der Waals surface area contributed by atoms with Crippen LogP contribution >= 0.6 is 0 Å². The van der Waals surface area contributed by atoms with Gasteiger partial charge in [0.2, 0.25) is 0 Å². The minimum Gasteiger partial charge on any atom is -0.381 e. The normalized spacial score (nSPS) is 26.6. The summed E-state index contributed by atoms with van der Waals surface area (Å²) in [6.45, 7) is 12.2. The zero-order valence-corrected chi connectivity index (χ0v) is 11.3. The molecule has 1 N–H and O–H groups in total. The van der Waals surface area contributed by atoms with E-state index in [4.69, 9.17) is 4.74 Å². The maximum atomic E-state index is 5.60. The summed E-state index contributed by atoms with van der Waals surface area (Å²) in [5.41, 5.74) is 0. The number of hydrogen-bond donors (Lipinski definition) is 1. The molecule has 0 aromatic heterocycles. The number of hydrogen-bond acceptors (Lipinski definition) is 3. The lowest BCUT2D eigenvalue weighted by molar-refractivity contribution is 0.0176. The predicted octanol–water partition coefficient (Wildman–Crippen LogP) is 1.59. The zero-order chi connectivity index (χ0) is 12.0. The van der Waals surface area contributed by atoms with E-state index in [0.717, 1.165) is 32.1 Å².